The van der Waals surface area contributed by atoms with Crippen LogP contribution in [-0.4, -0.2) is 27.8 Å². The number of amides is 1. The van der Waals surface area contributed by atoms with Crippen molar-refractivity contribution in [3.8, 4) is 5.69 Å². The largest absolute Gasteiger partial charge is 0.449 e. The first-order valence-electron chi connectivity index (χ1n) is 6.32. The molecule has 0 fully saturated rings. The number of hydrogen-bond acceptors (Lipinski definition) is 4. The molecule has 22 heavy (non-hydrogen) atoms. The van der Waals surface area contributed by atoms with Crippen LogP contribution in [0.3, 0.4) is 0 Å². The summed E-state index contributed by atoms with van der Waals surface area (Å²) in [6, 6.07) is 5.43. The van der Waals surface area contributed by atoms with Gasteiger partial charge in [0.15, 0.2) is 6.10 Å². The predicted molar refractivity (Wildman–Crippen MR) is 77.3 cm³/mol. The minimum Gasteiger partial charge on any atom is -0.449 e. The number of carbonyl (C=O) groups excluding carboxylic acids is 2. The highest BCUT2D eigenvalue weighted by Gasteiger charge is 2.25. The monoisotopic (exact) mass is 325 g/mol. The van der Waals surface area contributed by atoms with Crippen molar-refractivity contribution in [1.29, 1.82) is 0 Å². The summed E-state index contributed by atoms with van der Waals surface area (Å²) in [5, 5.41) is 4.13. The van der Waals surface area contributed by atoms with Gasteiger partial charge in [-0.25, -0.2) is 13.9 Å². The van der Waals surface area contributed by atoms with E-state index in [4.69, 9.17) is 22.1 Å². The van der Waals surface area contributed by atoms with Gasteiger partial charge >= 0.3 is 5.97 Å². The number of esters is 1. The van der Waals surface area contributed by atoms with Gasteiger partial charge in [-0.3, -0.25) is 4.79 Å². The molecule has 0 aliphatic carbocycles. The summed E-state index contributed by atoms with van der Waals surface area (Å²) in [6.07, 6.45) is -1.09. The number of nitrogens with two attached hydrogens (primary N) is 1. The molecule has 8 heteroatoms. The second-order valence-electron chi connectivity index (χ2n) is 4.59. The first-order chi connectivity index (χ1) is 10.3. The third-order valence-corrected chi connectivity index (χ3v) is 3.31. The molecule has 0 radical (unpaired) electrons. The molecule has 1 aromatic heterocycles. The van der Waals surface area contributed by atoms with E-state index >= 15 is 0 Å². The van der Waals surface area contributed by atoms with Crippen LogP contribution in [0.15, 0.2) is 24.3 Å². The Hall–Kier alpha value is -2.41. The lowest BCUT2D eigenvalue weighted by molar-refractivity contribution is -0.125. The van der Waals surface area contributed by atoms with Crippen LogP contribution >= 0.6 is 11.6 Å². The summed E-state index contributed by atoms with van der Waals surface area (Å²) in [7, 11) is 0. The normalized spacial score (nSPS) is 12.0. The fraction of sp³-hybridized carbons (Fsp3) is 0.214. The molecule has 0 saturated carbocycles. The maximum atomic E-state index is 13.0. The highest BCUT2D eigenvalue weighted by Crippen LogP contribution is 2.24. The Morgan fingerprint density at radius 1 is 1.36 bits per heavy atom. The number of nitrogens with zero attached hydrogens (tertiary/aromatic N) is 2. The minimum atomic E-state index is -1.09. The minimum absolute atomic E-state index is 0.00535. The zero-order valence-electron chi connectivity index (χ0n) is 11.8. The van der Waals surface area contributed by atoms with E-state index in [1.54, 1.807) is 6.92 Å². The Morgan fingerprint density at radius 3 is 2.50 bits per heavy atom. The Morgan fingerprint density at radius 2 is 1.95 bits per heavy atom. The lowest BCUT2D eigenvalue weighted by Crippen LogP contribution is -2.30. The molecule has 1 heterocycles. The van der Waals surface area contributed by atoms with Crippen molar-refractivity contribution in [2.45, 2.75) is 20.0 Å². The van der Waals surface area contributed by atoms with Crippen molar-refractivity contribution < 1.29 is 18.7 Å². The maximum absolute atomic E-state index is 13.0. The number of primary amides is 1. The van der Waals surface area contributed by atoms with Gasteiger partial charge in [-0.1, -0.05) is 11.6 Å². The van der Waals surface area contributed by atoms with Crippen LogP contribution in [-0.2, 0) is 9.53 Å². The molecule has 0 aliphatic heterocycles. The molecule has 6 nitrogen and oxygen atoms in total. The third-order valence-electron chi connectivity index (χ3n) is 2.96. The average molecular weight is 326 g/mol. The van der Waals surface area contributed by atoms with Crippen LogP contribution < -0.4 is 5.73 Å². The average Bonchev–Trinajstić information content (AvgIpc) is 2.74. The predicted octanol–water partition coefficient (Wildman–Crippen LogP) is 2.00. The van der Waals surface area contributed by atoms with Gasteiger partial charge in [0.2, 0.25) is 0 Å². The van der Waals surface area contributed by atoms with Gasteiger partial charge in [0.1, 0.15) is 16.5 Å². The Labute approximate surface area is 130 Å². The van der Waals surface area contributed by atoms with Crippen molar-refractivity contribution >= 4 is 23.5 Å². The van der Waals surface area contributed by atoms with Gasteiger partial charge < -0.3 is 10.5 Å². The smallest absolute Gasteiger partial charge is 0.344 e. The van der Waals surface area contributed by atoms with E-state index in [1.165, 1.54) is 35.9 Å². The Kier molecular flexibility index (Phi) is 4.46. The molecule has 0 spiro atoms. The third kappa shape index (κ3) is 3.09. The Bertz CT molecular complexity index is 728. The molecular weight excluding hydrogens is 313 g/mol. The van der Waals surface area contributed by atoms with Gasteiger partial charge in [0.05, 0.1) is 11.4 Å². The number of aromatic nitrogens is 2. The van der Waals surface area contributed by atoms with Crippen molar-refractivity contribution in [3.05, 3.63) is 46.5 Å². The summed E-state index contributed by atoms with van der Waals surface area (Å²) < 4.78 is 19.2. The number of carbonyl (C=O) groups is 2. The molecule has 116 valence electrons. The molecule has 0 unspecified atom stereocenters. The number of benzene rings is 1. The van der Waals surface area contributed by atoms with Crippen LogP contribution in [0, 0.1) is 12.7 Å². The van der Waals surface area contributed by atoms with Gasteiger partial charge in [-0.05, 0) is 38.1 Å². The maximum Gasteiger partial charge on any atom is 0.344 e. The fourth-order valence-corrected chi connectivity index (χ4v) is 2.11. The van der Waals surface area contributed by atoms with Gasteiger partial charge in [-0.15, -0.1) is 0 Å². The summed E-state index contributed by atoms with van der Waals surface area (Å²) in [6.45, 7) is 2.92. The second kappa shape index (κ2) is 6.15. The first kappa shape index (κ1) is 16.0. The SMILES string of the molecule is Cc1nn(-c2ccc(F)cc2)c(Cl)c1C(=O)O[C@H](C)C(N)=O. The van der Waals surface area contributed by atoms with Crippen molar-refractivity contribution in [3.63, 3.8) is 0 Å². The fourth-order valence-electron chi connectivity index (χ4n) is 1.76. The highest BCUT2D eigenvalue weighted by atomic mass is 35.5. The van der Waals surface area contributed by atoms with Crippen LogP contribution in [0.2, 0.25) is 5.15 Å². The quantitative estimate of drug-likeness (QED) is 0.871. The first-order valence-corrected chi connectivity index (χ1v) is 6.70. The molecule has 2 rings (SSSR count). The molecule has 0 aliphatic rings. The molecule has 1 aromatic carbocycles. The van der Waals surface area contributed by atoms with E-state index in [1.807, 2.05) is 0 Å². The van der Waals surface area contributed by atoms with Crippen LogP contribution in [0.1, 0.15) is 23.0 Å². The van der Waals surface area contributed by atoms with E-state index in [-0.39, 0.29) is 10.7 Å². The van der Waals surface area contributed by atoms with E-state index in [0.29, 0.717) is 11.4 Å². The second-order valence-corrected chi connectivity index (χ2v) is 4.95. The summed E-state index contributed by atoms with van der Waals surface area (Å²) in [5.74, 6) is -1.98. The van der Waals surface area contributed by atoms with Gasteiger partial charge in [-0.2, -0.15) is 5.10 Å². The zero-order chi connectivity index (χ0) is 16.4. The van der Waals surface area contributed by atoms with Crippen molar-refractivity contribution in [2.24, 2.45) is 5.73 Å². The van der Waals surface area contributed by atoms with Crippen molar-refractivity contribution in [2.75, 3.05) is 0 Å². The number of halogens is 2. The number of hydrogen-bond donors (Lipinski definition) is 1. The zero-order valence-corrected chi connectivity index (χ0v) is 12.6. The molecule has 0 bridgehead atoms. The molecule has 1 amide bonds. The van der Waals surface area contributed by atoms with Gasteiger partial charge in [0, 0.05) is 0 Å². The topological polar surface area (TPSA) is 87.2 Å². The van der Waals surface area contributed by atoms with E-state index in [9.17, 15) is 14.0 Å². The summed E-state index contributed by atoms with van der Waals surface area (Å²) in [5.41, 5.74) is 5.87. The molecule has 1 atom stereocenters. The van der Waals surface area contributed by atoms with Crippen LogP contribution in [0.25, 0.3) is 5.69 Å². The number of rotatable bonds is 4. The number of aryl methyl sites for hydroxylation is 1. The molecule has 2 N–H and O–H groups in total. The Balaban J connectivity index is 2.37. The lowest BCUT2D eigenvalue weighted by Gasteiger charge is -2.09. The molecule has 2 aromatic rings. The standard InChI is InChI=1S/C14H13ClFN3O3/c1-7-11(14(21)22-8(2)13(17)20)12(15)19(18-7)10-5-3-9(16)4-6-10/h3-6,8H,1-2H3,(H2,17,20)/t8-/m1/s1. The summed E-state index contributed by atoms with van der Waals surface area (Å²) >= 11 is 6.15. The van der Waals surface area contributed by atoms with E-state index < -0.39 is 23.8 Å². The van der Waals surface area contributed by atoms with Crippen LogP contribution in [0.4, 0.5) is 4.39 Å². The summed E-state index contributed by atoms with van der Waals surface area (Å²) in [4.78, 5) is 23.0. The lowest BCUT2D eigenvalue weighted by atomic mass is 10.2. The van der Waals surface area contributed by atoms with Crippen LogP contribution in [0.5, 0.6) is 0 Å². The molecule has 0 saturated heterocycles. The number of ether oxygens (including phenoxy) is 1. The van der Waals surface area contributed by atoms with Gasteiger partial charge in [0.25, 0.3) is 5.91 Å². The van der Waals surface area contributed by atoms with Crippen molar-refractivity contribution in [1.82, 2.24) is 9.78 Å². The van der Waals surface area contributed by atoms with E-state index in [0.717, 1.165) is 0 Å². The molecular formula is C14H13ClFN3O3. The highest BCUT2D eigenvalue weighted by molar-refractivity contribution is 6.33. The van der Waals surface area contributed by atoms with E-state index in [2.05, 4.69) is 5.10 Å².